The second kappa shape index (κ2) is 11.4. The van der Waals surface area contributed by atoms with E-state index in [0.29, 0.717) is 23.5 Å². The lowest BCUT2D eigenvalue weighted by Gasteiger charge is -2.09. The van der Waals surface area contributed by atoms with Crippen molar-refractivity contribution in [3.63, 3.8) is 0 Å². The fraction of sp³-hybridized carbons (Fsp3) is 0.0588. The number of nitrogens with zero attached hydrogens (tertiary/aromatic N) is 2. The molecular weight excluding hydrogens is 644 g/mol. The number of allylic oxidation sites excluding steroid dienone is 1. The highest BCUT2D eigenvalue weighted by Crippen LogP contribution is 2.33. The lowest BCUT2D eigenvalue weighted by atomic mass is 10.1. The van der Waals surface area contributed by atoms with Crippen molar-refractivity contribution in [2.24, 2.45) is 0 Å². The molecule has 0 amide bonds. The minimum Gasteiger partial charge on any atom is -0.456 e. The van der Waals surface area contributed by atoms with Crippen LogP contribution in [-0.4, -0.2) is 15.3 Å². The summed E-state index contributed by atoms with van der Waals surface area (Å²) in [7, 11) is 0. The molecule has 0 bridgehead atoms. The summed E-state index contributed by atoms with van der Waals surface area (Å²) in [4.78, 5) is 18.2. The Morgan fingerprint density at radius 2 is 1.37 bits per heavy atom. The van der Waals surface area contributed by atoms with Crippen LogP contribution in [0.3, 0.4) is 0 Å². The predicted octanol–water partition coefficient (Wildman–Crippen LogP) is 9.43. The number of para-hydroxylation sites is 4. The van der Waals surface area contributed by atoms with Crippen LogP contribution in [0.1, 0.15) is 27.7 Å². The minimum absolute atomic E-state index is 0. The van der Waals surface area contributed by atoms with Gasteiger partial charge in [0, 0.05) is 27.2 Å². The summed E-state index contributed by atoms with van der Waals surface area (Å²) in [5, 5.41) is 2.04. The molecule has 7 aromatic rings. The van der Waals surface area contributed by atoms with Gasteiger partial charge in [-0.15, -0.1) is 17.0 Å². The first kappa shape index (κ1) is 27.0. The zero-order chi connectivity index (χ0) is 27.1. The zero-order valence-electron chi connectivity index (χ0n) is 21.8. The van der Waals surface area contributed by atoms with Crippen molar-refractivity contribution in [2.45, 2.75) is 13.0 Å². The van der Waals surface area contributed by atoms with E-state index in [1.165, 1.54) is 0 Å². The van der Waals surface area contributed by atoms with Crippen molar-refractivity contribution >= 4 is 77.2 Å². The van der Waals surface area contributed by atoms with E-state index in [9.17, 15) is 4.79 Å². The predicted molar refractivity (Wildman–Crippen MR) is 172 cm³/mol. The summed E-state index contributed by atoms with van der Waals surface area (Å²) in [6.45, 7) is 0.190. The van der Waals surface area contributed by atoms with Gasteiger partial charge in [-0.05, 0) is 48.5 Å². The van der Waals surface area contributed by atoms with E-state index < -0.39 is 0 Å². The molecule has 202 valence electrons. The summed E-state index contributed by atoms with van der Waals surface area (Å²) in [5.41, 5.74) is 4.89. The van der Waals surface area contributed by atoms with Gasteiger partial charge in [-0.1, -0.05) is 82.7 Å². The normalized spacial score (nSPS) is 11.1. The average Bonchev–Trinajstić information content (AvgIpc) is 3.69. The van der Waals surface area contributed by atoms with Crippen molar-refractivity contribution < 1.29 is 13.6 Å². The highest BCUT2D eigenvalue weighted by molar-refractivity contribution is 9.10. The SMILES string of the molecule is Br.O=C(Cn1c(CC=C(c2cc3ccccc3o2)c2cc3ccccc3o2)nc2ccccc21)c1ccc(Br)cc1. The number of rotatable bonds is 7. The molecule has 0 saturated heterocycles. The molecule has 41 heavy (non-hydrogen) atoms. The molecule has 0 unspecified atom stereocenters. The number of carbonyl (C=O) groups is 1. The lowest BCUT2D eigenvalue weighted by molar-refractivity contribution is 0.0972. The Kier molecular flexibility index (Phi) is 7.47. The quantitative estimate of drug-likeness (QED) is 0.159. The van der Waals surface area contributed by atoms with E-state index in [0.717, 1.165) is 48.8 Å². The molecule has 0 aliphatic carbocycles. The molecule has 4 aromatic carbocycles. The van der Waals surface area contributed by atoms with Crippen LogP contribution in [-0.2, 0) is 13.0 Å². The van der Waals surface area contributed by atoms with E-state index in [4.69, 9.17) is 13.8 Å². The first-order chi connectivity index (χ1) is 19.6. The highest BCUT2D eigenvalue weighted by Gasteiger charge is 2.18. The summed E-state index contributed by atoms with van der Waals surface area (Å²) < 4.78 is 15.5. The third-order valence-electron chi connectivity index (χ3n) is 7.07. The maximum absolute atomic E-state index is 13.3. The van der Waals surface area contributed by atoms with Crippen molar-refractivity contribution in [3.05, 3.63) is 143 Å². The maximum Gasteiger partial charge on any atom is 0.182 e. The van der Waals surface area contributed by atoms with E-state index in [1.54, 1.807) is 0 Å². The Balaban J connectivity index is 0.00000302. The average molecular weight is 668 g/mol. The Bertz CT molecular complexity index is 1910. The zero-order valence-corrected chi connectivity index (χ0v) is 25.1. The van der Waals surface area contributed by atoms with Crippen LogP contribution in [0.4, 0.5) is 0 Å². The minimum atomic E-state index is 0. The van der Waals surface area contributed by atoms with Crippen LogP contribution in [0.25, 0.3) is 38.5 Å². The van der Waals surface area contributed by atoms with Crippen molar-refractivity contribution in [1.29, 1.82) is 0 Å². The molecule has 3 aromatic heterocycles. The second-order valence-electron chi connectivity index (χ2n) is 9.65. The molecule has 7 rings (SSSR count). The number of carbonyl (C=O) groups excluding carboxylic acids is 1. The number of fused-ring (bicyclic) bond motifs is 3. The van der Waals surface area contributed by atoms with Gasteiger partial charge in [0.2, 0.25) is 0 Å². The van der Waals surface area contributed by atoms with Gasteiger partial charge in [0.25, 0.3) is 0 Å². The van der Waals surface area contributed by atoms with Crippen LogP contribution < -0.4 is 0 Å². The number of benzene rings is 4. The fourth-order valence-electron chi connectivity index (χ4n) is 5.07. The standard InChI is InChI=1S/C34H23BrN2O3.BrH/c35-25-15-13-22(14-16-25)29(38)21-37-28-10-4-3-9-27(28)36-34(37)18-17-26(32-19-23-7-1-5-11-30(23)39-32)33-20-24-8-2-6-12-31(24)40-33;/h1-17,19-20H,18,21H2;1H. The molecule has 0 N–H and O–H groups in total. The van der Waals surface area contributed by atoms with Gasteiger partial charge >= 0.3 is 0 Å². The van der Waals surface area contributed by atoms with Gasteiger partial charge in [-0.25, -0.2) is 4.98 Å². The van der Waals surface area contributed by atoms with Crippen molar-refractivity contribution in [1.82, 2.24) is 9.55 Å². The number of halogens is 2. The third kappa shape index (κ3) is 5.31. The van der Waals surface area contributed by atoms with Crippen molar-refractivity contribution in [3.8, 4) is 0 Å². The molecule has 0 saturated carbocycles. The first-order valence-corrected chi connectivity index (χ1v) is 13.8. The third-order valence-corrected chi connectivity index (χ3v) is 7.60. The molecule has 0 radical (unpaired) electrons. The molecule has 0 spiro atoms. The van der Waals surface area contributed by atoms with Crippen LogP contribution in [0, 0.1) is 0 Å². The summed E-state index contributed by atoms with van der Waals surface area (Å²) >= 11 is 3.45. The maximum atomic E-state index is 13.3. The Morgan fingerprint density at radius 1 is 0.780 bits per heavy atom. The Labute approximate surface area is 255 Å². The molecule has 5 nitrogen and oxygen atoms in total. The summed E-state index contributed by atoms with van der Waals surface area (Å²) in [6.07, 6.45) is 2.56. The largest absolute Gasteiger partial charge is 0.456 e. The van der Waals surface area contributed by atoms with E-state index >= 15 is 0 Å². The van der Waals surface area contributed by atoms with Crippen LogP contribution in [0.15, 0.2) is 129 Å². The van der Waals surface area contributed by atoms with E-state index in [-0.39, 0.29) is 29.3 Å². The molecular formula is C34H24Br2N2O3. The first-order valence-electron chi connectivity index (χ1n) is 13.0. The van der Waals surface area contributed by atoms with Gasteiger partial charge in [-0.3, -0.25) is 4.79 Å². The Hall–Kier alpha value is -4.20. The molecule has 0 atom stereocenters. The topological polar surface area (TPSA) is 61.2 Å². The van der Waals surface area contributed by atoms with Crippen molar-refractivity contribution in [2.75, 3.05) is 0 Å². The van der Waals surface area contributed by atoms with E-state index in [2.05, 4.69) is 22.0 Å². The number of Topliss-reactive ketones (excluding diaryl/α,β-unsaturated/α-hetero) is 1. The molecule has 0 aliphatic heterocycles. The van der Waals surface area contributed by atoms with E-state index in [1.807, 2.05) is 114 Å². The summed E-state index contributed by atoms with van der Waals surface area (Å²) in [6, 6.07) is 35.3. The van der Waals surface area contributed by atoms with Gasteiger partial charge in [-0.2, -0.15) is 0 Å². The number of hydrogen-bond donors (Lipinski definition) is 0. The number of aromatic nitrogens is 2. The number of furan rings is 2. The number of hydrogen-bond acceptors (Lipinski definition) is 4. The van der Waals surface area contributed by atoms with Gasteiger partial charge < -0.3 is 13.4 Å². The second-order valence-corrected chi connectivity index (χ2v) is 10.6. The summed E-state index contributed by atoms with van der Waals surface area (Å²) in [5.74, 6) is 2.25. The van der Waals surface area contributed by atoms with Gasteiger partial charge in [0.1, 0.15) is 28.5 Å². The van der Waals surface area contributed by atoms with Gasteiger partial charge in [0.05, 0.1) is 23.2 Å². The fourth-order valence-corrected chi connectivity index (χ4v) is 5.34. The highest BCUT2D eigenvalue weighted by atomic mass is 79.9. The number of ketones is 1. The Morgan fingerprint density at radius 3 is 2.00 bits per heavy atom. The number of imidazole rings is 1. The monoisotopic (exact) mass is 666 g/mol. The van der Waals surface area contributed by atoms with Crippen LogP contribution in [0.2, 0.25) is 0 Å². The molecule has 7 heteroatoms. The molecule has 3 heterocycles. The molecule has 0 aliphatic rings. The van der Waals surface area contributed by atoms with Gasteiger partial charge in [0.15, 0.2) is 5.78 Å². The smallest absolute Gasteiger partial charge is 0.182 e. The van der Waals surface area contributed by atoms with Crippen LogP contribution in [0.5, 0.6) is 0 Å². The molecule has 0 fully saturated rings. The lowest BCUT2D eigenvalue weighted by Crippen LogP contribution is -2.13. The van der Waals surface area contributed by atoms with Crippen LogP contribution >= 0.6 is 32.9 Å².